The maximum absolute atomic E-state index is 3.84. The summed E-state index contributed by atoms with van der Waals surface area (Å²) in [5.74, 6) is 0.916. The number of nitrogens with zero attached hydrogens (tertiary/aromatic N) is 1. The predicted molar refractivity (Wildman–Crippen MR) is 88.1 cm³/mol. The molecular weight excluding hydrogens is 244 g/mol. The Kier molecular flexibility index (Phi) is 5.92. The van der Waals surface area contributed by atoms with Gasteiger partial charge in [-0.2, -0.15) is 0 Å². The molecule has 1 N–H and O–H groups in total. The minimum atomic E-state index is 0.539. The summed E-state index contributed by atoms with van der Waals surface area (Å²) >= 11 is 0. The molecule has 2 aliphatic rings. The molecular formula is C18H36N2. The highest BCUT2D eigenvalue weighted by Crippen LogP contribution is 2.40. The molecule has 2 nitrogen and oxygen atoms in total. The van der Waals surface area contributed by atoms with E-state index in [2.05, 4.69) is 38.0 Å². The third-order valence-electron chi connectivity index (χ3n) is 5.57. The van der Waals surface area contributed by atoms with Crippen LogP contribution in [0.15, 0.2) is 0 Å². The van der Waals surface area contributed by atoms with Crippen molar-refractivity contribution in [2.75, 3.05) is 20.1 Å². The zero-order valence-electron chi connectivity index (χ0n) is 14.3. The van der Waals surface area contributed by atoms with E-state index < -0.39 is 0 Å². The third-order valence-corrected chi connectivity index (χ3v) is 5.57. The van der Waals surface area contributed by atoms with Gasteiger partial charge in [-0.25, -0.2) is 0 Å². The van der Waals surface area contributed by atoms with Crippen molar-refractivity contribution < 1.29 is 0 Å². The number of nitrogens with one attached hydrogen (secondary N) is 1. The van der Waals surface area contributed by atoms with E-state index in [9.17, 15) is 0 Å². The normalized spacial score (nSPS) is 32.5. The Morgan fingerprint density at radius 2 is 2.05 bits per heavy atom. The van der Waals surface area contributed by atoms with Gasteiger partial charge in [-0.3, -0.25) is 0 Å². The predicted octanol–water partition coefficient (Wildman–Crippen LogP) is 4.06. The lowest BCUT2D eigenvalue weighted by atomic mass is 9.69. The summed E-state index contributed by atoms with van der Waals surface area (Å²) in [6, 6.07) is 1.58. The lowest BCUT2D eigenvalue weighted by molar-refractivity contribution is 0.0735. The number of rotatable bonds is 8. The highest BCUT2D eigenvalue weighted by molar-refractivity contribution is 4.93. The van der Waals surface area contributed by atoms with Crippen LogP contribution in [-0.2, 0) is 0 Å². The van der Waals surface area contributed by atoms with E-state index >= 15 is 0 Å². The van der Waals surface area contributed by atoms with Gasteiger partial charge in [0.2, 0.25) is 0 Å². The van der Waals surface area contributed by atoms with Gasteiger partial charge < -0.3 is 10.2 Å². The second kappa shape index (κ2) is 7.26. The fourth-order valence-corrected chi connectivity index (χ4v) is 4.10. The van der Waals surface area contributed by atoms with E-state index in [1.54, 1.807) is 0 Å². The van der Waals surface area contributed by atoms with Gasteiger partial charge in [-0.15, -0.1) is 0 Å². The van der Waals surface area contributed by atoms with Crippen molar-refractivity contribution >= 4 is 0 Å². The molecule has 0 aromatic carbocycles. The van der Waals surface area contributed by atoms with Crippen molar-refractivity contribution in [1.82, 2.24) is 10.2 Å². The average molecular weight is 280 g/mol. The largest absolute Gasteiger partial charge is 0.313 e. The van der Waals surface area contributed by atoms with Crippen LogP contribution in [0.25, 0.3) is 0 Å². The van der Waals surface area contributed by atoms with E-state index in [4.69, 9.17) is 0 Å². The average Bonchev–Trinajstić information content (AvgIpc) is 3.21. The molecule has 0 radical (unpaired) electrons. The van der Waals surface area contributed by atoms with Crippen LogP contribution in [0.2, 0.25) is 0 Å². The van der Waals surface area contributed by atoms with Crippen molar-refractivity contribution in [1.29, 1.82) is 0 Å². The molecule has 0 heterocycles. The van der Waals surface area contributed by atoms with Gasteiger partial charge in [0.05, 0.1) is 0 Å². The van der Waals surface area contributed by atoms with Crippen LogP contribution in [0, 0.1) is 11.3 Å². The first-order valence-corrected chi connectivity index (χ1v) is 8.98. The lowest BCUT2D eigenvalue weighted by Crippen LogP contribution is -2.48. The summed E-state index contributed by atoms with van der Waals surface area (Å²) in [6.45, 7) is 9.71. The maximum atomic E-state index is 3.84. The second-order valence-corrected chi connectivity index (χ2v) is 7.91. The molecule has 2 rings (SSSR count). The smallest absolute Gasteiger partial charge is 0.00684 e. The van der Waals surface area contributed by atoms with Crippen LogP contribution in [0.3, 0.4) is 0 Å². The summed E-state index contributed by atoms with van der Waals surface area (Å²) in [5.41, 5.74) is 0.539. The molecule has 0 saturated heterocycles. The van der Waals surface area contributed by atoms with Crippen LogP contribution in [-0.4, -0.2) is 37.1 Å². The minimum Gasteiger partial charge on any atom is -0.313 e. The quantitative estimate of drug-likeness (QED) is 0.721. The number of hydrogen-bond acceptors (Lipinski definition) is 2. The molecule has 0 spiro atoms. The zero-order chi connectivity index (χ0) is 14.6. The number of hydrogen-bond donors (Lipinski definition) is 1. The molecule has 2 heteroatoms. The van der Waals surface area contributed by atoms with Crippen LogP contribution < -0.4 is 5.32 Å². The SMILES string of the molecule is CCCC(C)N(C)CC1(CNC2CC2)CCCC(C)C1. The molecule has 0 amide bonds. The standard InChI is InChI=1S/C18H36N2/c1-5-7-16(3)20(4)14-18(13-19-17-9-10-17)11-6-8-15(2)12-18/h15-17,19H,5-14H2,1-4H3. The van der Waals surface area contributed by atoms with Crippen molar-refractivity contribution in [3.8, 4) is 0 Å². The molecule has 2 fully saturated rings. The summed E-state index contributed by atoms with van der Waals surface area (Å²) in [5, 5.41) is 3.84. The van der Waals surface area contributed by atoms with Crippen molar-refractivity contribution in [3.63, 3.8) is 0 Å². The molecule has 3 unspecified atom stereocenters. The van der Waals surface area contributed by atoms with E-state index in [-0.39, 0.29) is 0 Å². The van der Waals surface area contributed by atoms with Gasteiger partial charge in [0.1, 0.15) is 0 Å². The Hall–Kier alpha value is -0.0800. The molecule has 3 atom stereocenters. The molecule has 0 bridgehead atoms. The fraction of sp³-hybridized carbons (Fsp3) is 1.00. The second-order valence-electron chi connectivity index (χ2n) is 7.91. The Labute approximate surface area is 126 Å². The first-order chi connectivity index (χ1) is 9.54. The van der Waals surface area contributed by atoms with E-state index in [0.29, 0.717) is 5.41 Å². The van der Waals surface area contributed by atoms with Gasteiger partial charge in [0.25, 0.3) is 0 Å². The minimum absolute atomic E-state index is 0.539. The summed E-state index contributed by atoms with van der Waals surface area (Å²) in [7, 11) is 2.35. The topological polar surface area (TPSA) is 15.3 Å². The van der Waals surface area contributed by atoms with Crippen LogP contribution >= 0.6 is 0 Å². The highest BCUT2D eigenvalue weighted by atomic mass is 15.1. The molecule has 0 aromatic heterocycles. The highest BCUT2D eigenvalue weighted by Gasteiger charge is 2.37. The van der Waals surface area contributed by atoms with Gasteiger partial charge >= 0.3 is 0 Å². The van der Waals surface area contributed by atoms with Gasteiger partial charge in [-0.1, -0.05) is 33.1 Å². The lowest BCUT2D eigenvalue weighted by Gasteiger charge is -2.44. The van der Waals surface area contributed by atoms with Gasteiger partial charge in [0.15, 0.2) is 0 Å². The van der Waals surface area contributed by atoms with Gasteiger partial charge in [-0.05, 0) is 57.4 Å². The first-order valence-electron chi connectivity index (χ1n) is 8.98. The van der Waals surface area contributed by atoms with Crippen molar-refractivity contribution in [2.24, 2.45) is 11.3 Å². The van der Waals surface area contributed by atoms with Crippen LogP contribution in [0.5, 0.6) is 0 Å². The summed E-state index contributed by atoms with van der Waals surface area (Å²) in [6.07, 6.45) is 11.2. The van der Waals surface area contributed by atoms with E-state index in [0.717, 1.165) is 18.0 Å². The maximum Gasteiger partial charge on any atom is 0.00684 e. The summed E-state index contributed by atoms with van der Waals surface area (Å²) < 4.78 is 0. The van der Waals surface area contributed by atoms with E-state index in [1.807, 2.05) is 0 Å². The Bertz CT molecular complexity index is 287. The monoisotopic (exact) mass is 280 g/mol. The van der Waals surface area contributed by atoms with Gasteiger partial charge in [0, 0.05) is 25.2 Å². The third kappa shape index (κ3) is 4.73. The first kappa shape index (κ1) is 16.3. The van der Waals surface area contributed by atoms with E-state index in [1.165, 1.54) is 64.5 Å². The van der Waals surface area contributed by atoms with Crippen LogP contribution in [0.4, 0.5) is 0 Å². The molecule has 0 aromatic rings. The molecule has 2 saturated carbocycles. The zero-order valence-corrected chi connectivity index (χ0v) is 14.3. The Morgan fingerprint density at radius 1 is 1.30 bits per heavy atom. The summed E-state index contributed by atoms with van der Waals surface area (Å²) in [4.78, 5) is 2.64. The Morgan fingerprint density at radius 3 is 2.65 bits per heavy atom. The Balaban J connectivity index is 1.93. The molecule has 118 valence electrons. The van der Waals surface area contributed by atoms with Crippen molar-refractivity contribution in [3.05, 3.63) is 0 Å². The van der Waals surface area contributed by atoms with Crippen molar-refractivity contribution in [2.45, 2.75) is 84.2 Å². The molecule has 20 heavy (non-hydrogen) atoms. The molecule has 2 aliphatic carbocycles. The van der Waals surface area contributed by atoms with Crippen LogP contribution in [0.1, 0.15) is 72.1 Å². The fourth-order valence-electron chi connectivity index (χ4n) is 4.10. The molecule has 0 aliphatic heterocycles.